The van der Waals surface area contributed by atoms with Crippen LogP contribution in [-0.2, 0) is 33.5 Å². The summed E-state index contributed by atoms with van der Waals surface area (Å²) in [6.45, 7) is 3.24. The monoisotopic (exact) mass is 657 g/mol. The zero-order valence-corrected chi connectivity index (χ0v) is 27.6. The number of β-lactam (4-membered cyclic amide) rings is 1. The number of oxime groups is 1. The van der Waals surface area contributed by atoms with Crippen molar-refractivity contribution >= 4 is 69.6 Å². The molecule has 1 aromatic heterocycles. The van der Waals surface area contributed by atoms with Crippen molar-refractivity contribution in [3.63, 3.8) is 0 Å². The minimum Gasteiger partial charge on any atom is -0.548 e. The van der Waals surface area contributed by atoms with Gasteiger partial charge in [0.1, 0.15) is 30.8 Å². The number of nitrogens with zero attached hydrogens (tertiary/aromatic N) is 3. The van der Waals surface area contributed by atoms with Gasteiger partial charge in [-0.15, -0.1) is 23.1 Å². The van der Waals surface area contributed by atoms with Crippen molar-refractivity contribution in [1.29, 1.82) is 0 Å². The number of nitrogens with one attached hydrogen (secondary N) is 1. The van der Waals surface area contributed by atoms with Gasteiger partial charge in [0.2, 0.25) is 5.91 Å². The molecule has 0 bridgehead atoms. The maximum absolute atomic E-state index is 13.0. The van der Waals surface area contributed by atoms with E-state index in [1.165, 1.54) is 31.5 Å². The summed E-state index contributed by atoms with van der Waals surface area (Å²) in [5.41, 5.74) is 5.41. The third kappa shape index (κ3) is 7.15. The number of esters is 3. The summed E-state index contributed by atoms with van der Waals surface area (Å²) < 4.78 is 14.0. The van der Waals surface area contributed by atoms with Crippen LogP contribution >= 0.6 is 23.1 Å². The first-order valence-corrected chi connectivity index (χ1v) is 14.0. The standard InChI is InChI=1S/C25H25N5O11S2.Na/c1-10(31)40-14-6-5-12(7-15(14)41-11(2)32)23(37)39-9-25(3)18(22(35)36)30-20(34)17(21(30)43-25)28-19(33)16(29-38-4)13-8-42-24(26)27-13;/h5-8,17-18,21H,9H2,1-4H3,(H2,26,27)(H,28,33)(H,35,36);/q;+1/p-1/b29-16-;/t17-,18+,21-,25+;/m1./s1. The molecule has 1 aromatic carbocycles. The molecule has 2 aliphatic heterocycles. The van der Waals surface area contributed by atoms with Gasteiger partial charge in [-0.2, -0.15) is 0 Å². The topological polar surface area (TPSA) is 229 Å². The Morgan fingerprint density at radius 1 is 1.16 bits per heavy atom. The number of carboxylic acids is 1. The van der Waals surface area contributed by atoms with Crippen LogP contribution in [0.1, 0.15) is 36.8 Å². The van der Waals surface area contributed by atoms with E-state index in [4.69, 9.17) is 24.8 Å². The van der Waals surface area contributed by atoms with Gasteiger partial charge in [-0.25, -0.2) is 9.78 Å². The van der Waals surface area contributed by atoms with E-state index in [0.717, 1.165) is 47.9 Å². The molecule has 2 amide bonds. The predicted octanol–water partition coefficient (Wildman–Crippen LogP) is -3.94. The molecule has 3 heterocycles. The number of anilines is 1. The normalized spacial score (nSPS) is 22.1. The molecule has 2 saturated heterocycles. The number of hydrogen-bond acceptors (Lipinski definition) is 16. The van der Waals surface area contributed by atoms with E-state index in [-0.39, 0.29) is 63.2 Å². The van der Waals surface area contributed by atoms with Crippen LogP contribution in [0.4, 0.5) is 5.13 Å². The molecular weight excluding hydrogens is 633 g/mol. The van der Waals surface area contributed by atoms with E-state index < -0.39 is 64.5 Å². The number of thiazole rings is 1. The van der Waals surface area contributed by atoms with Gasteiger partial charge < -0.3 is 44.9 Å². The number of aromatic nitrogens is 1. The molecule has 0 spiro atoms. The third-order valence-electron chi connectivity index (χ3n) is 6.18. The van der Waals surface area contributed by atoms with E-state index in [2.05, 4.69) is 15.5 Å². The molecule has 2 fully saturated rings. The summed E-state index contributed by atoms with van der Waals surface area (Å²) in [6, 6.07) is 0.954. The molecule has 16 nitrogen and oxygen atoms in total. The number of aliphatic carboxylic acids is 1. The van der Waals surface area contributed by atoms with Crippen LogP contribution in [-0.4, -0.2) is 87.2 Å². The van der Waals surface area contributed by atoms with Crippen molar-refractivity contribution in [2.75, 3.05) is 19.5 Å². The molecule has 4 rings (SSSR count). The number of carbonyl (C=O) groups excluding carboxylic acids is 6. The first-order valence-electron chi connectivity index (χ1n) is 12.3. The number of carbonyl (C=O) groups is 6. The Hall–Kier alpha value is -3.71. The van der Waals surface area contributed by atoms with Gasteiger partial charge in [-0.1, -0.05) is 5.16 Å². The van der Waals surface area contributed by atoms with Gasteiger partial charge >= 0.3 is 47.5 Å². The average molecular weight is 658 g/mol. The van der Waals surface area contributed by atoms with E-state index in [1.807, 2.05) is 0 Å². The fraction of sp³-hybridized carbons (Fsp3) is 0.360. The summed E-state index contributed by atoms with van der Waals surface area (Å²) in [6.07, 6.45) is 0. The Morgan fingerprint density at radius 3 is 2.39 bits per heavy atom. The Bertz CT molecular complexity index is 1550. The van der Waals surface area contributed by atoms with E-state index in [1.54, 1.807) is 0 Å². The summed E-state index contributed by atoms with van der Waals surface area (Å²) in [7, 11) is 1.22. The number of carboxylic acid groups (broad SMARTS) is 1. The van der Waals surface area contributed by atoms with E-state index in [9.17, 15) is 33.9 Å². The van der Waals surface area contributed by atoms with Crippen LogP contribution in [0.25, 0.3) is 0 Å². The second-order valence-electron chi connectivity index (χ2n) is 9.36. The molecule has 2 aromatic rings. The van der Waals surface area contributed by atoms with Gasteiger partial charge in [0.25, 0.3) is 5.91 Å². The molecule has 0 aliphatic carbocycles. The molecule has 44 heavy (non-hydrogen) atoms. The predicted molar refractivity (Wildman–Crippen MR) is 147 cm³/mol. The number of benzene rings is 1. The molecule has 2 aliphatic rings. The molecule has 0 unspecified atom stereocenters. The molecule has 3 N–H and O–H groups in total. The number of amides is 2. The van der Waals surface area contributed by atoms with Crippen molar-refractivity contribution in [3.05, 3.63) is 34.8 Å². The fourth-order valence-electron chi connectivity index (χ4n) is 4.43. The Kier molecular flexibility index (Phi) is 11.0. The number of nitrogen functional groups attached to an aromatic ring is 1. The van der Waals surface area contributed by atoms with Crippen LogP contribution in [0.5, 0.6) is 11.5 Å². The van der Waals surface area contributed by atoms with Gasteiger partial charge in [0, 0.05) is 19.2 Å². The number of hydrogen-bond donors (Lipinski definition) is 2. The maximum atomic E-state index is 13.0. The van der Waals surface area contributed by atoms with Crippen LogP contribution in [0.3, 0.4) is 0 Å². The second-order valence-corrected chi connectivity index (χ2v) is 11.9. The summed E-state index contributed by atoms with van der Waals surface area (Å²) in [5, 5.41) is 19.2. The van der Waals surface area contributed by atoms with Gasteiger partial charge in [0.05, 0.1) is 22.3 Å². The van der Waals surface area contributed by atoms with Crippen molar-refractivity contribution in [2.24, 2.45) is 5.16 Å². The molecule has 228 valence electrons. The maximum Gasteiger partial charge on any atom is 1.00 e. The first-order chi connectivity index (χ1) is 20.2. The van der Waals surface area contributed by atoms with Gasteiger partial charge in [-0.05, 0) is 25.1 Å². The minimum atomic E-state index is -1.59. The summed E-state index contributed by atoms with van der Waals surface area (Å²) in [5.74, 6) is -5.76. The third-order valence-corrected chi connectivity index (χ3v) is 8.47. The van der Waals surface area contributed by atoms with Crippen molar-refractivity contribution < 1.29 is 82.5 Å². The van der Waals surface area contributed by atoms with Crippen molar-refractivity contribution in [3.8, 4) is 11.5 Å². The number of rotatable bonds is 10. The Balaban J connectivity index is 0.00000529. The average Bonchev–Trinajstić information content (AvgIpc) is 3.48. The smallest absolute Gasteiger partial charge is 0.548 e. The van der Waals surface area contributed by atoms with E-state index in [0.29, 0.717) is 0 Å². The Morgan fingerprint density at radius 2 is 1.82 bits per heavy atom. The van der Waals surface area contributed by atoms with E-state index >= 15 is 0 Å². The molecule has 4 atom stereocenters. The zero-order chi connectivity index (χ0) is 31.6. The minimum absolute atomic E-state index is 0. The summed E-state index contributed by atoms with van der Waals surface area (Å²) >= 11 is 2.06. The van der Waals surface area contributed by atoms with Crippen LogP contribution < -0.4 is 55.2 Å². The quantitative estimate of drug-likeness (QED) is 0.0621. The SMILES string of the molecule is CO/N=C(\C(=O)N[C@@H]1C(=O)N2[C@@H]1S[C@@](C)(COC(=O)c1ccc(OC(C)=O)c(OC(C)=O)c1)[C@@H]2C(=O)[O-])c1csc(N)n1.[Na+]. The van der Waals surface area contributed by atoms with Crippen LogP contribution in [0.15, 0.2) is 28.7 Å². The largest absolute Gasteiger partial charge is 1.00 e. The second kappa shape index (κ2) is 13.9. The van der Waals surface area contributed by atoms with Crippen LogP contribution in [0, 0.1) is 0 Å². The first kappa shape index (κ1) is 34.8. The molecular formula is C25H24N5NaO11S2. The van der Waals surface area contributed by atoms with Crippen molar-refractivity contribution in [1.82, 2.24) is 15.2 Å². The fourth-order valence-corrected chi connectivity index (χ4v) is 6.66. The number of fused-ring (bicyclic) bond motifs is 1. The number of nitrogens with two attached hydrogens (primary N) is 1. The van der Waals surface area contributed by atoms with Gasteiger partial charge in [0.15, 0.2) is 22.3 Å². The van der Waals surface area contributed by atoms with Crippen LogP contribution in [0.2, 0.25) is 0 Å². The van der Waals surface area contributed by atoms with Gasteiger partial charge in [-0.3, -0.25) is 19.2 Å². The Labute approximate surface area is 279 Å². The molecule has 0 radical (unpaired) electrons. The zero-order valence-electron chi connectivity index (χ0n) is 24.0. The molecule has 0 saturated carbocycles. The summed E-state index contributed by atoms with van der Waals surface area (Å²) in [4.78, 5) is 83.6. The van der Waals surface area contributed by atoms with Crippen molar-refractivity contribution in [2.45, 2.75) is 43.0 Å². The molecule has 19 heteroatoms. The number of thioether (sulfide) groups is 1. The number of ether oxygens (including phenoxy) is 3.